The van der Waals surface area contributed by atoms with Crippen molar-refractivity contribution < 1.29 is 19.1 Å². The van der Waals surface area contributed by atoms with Gasteiger partial charge in [0.05, 0.1) is 10.6 Å². The summed E-state index contributed by atoms with van der Waals surface area (Å²) in [5.74, 6) is -0.977. The summed E-state index contributed by atoms with van der Waals surface area (Å²) in [7, 11) is 0. The van der Waals surface area contributed by atoms with E-state index < -0.39 is 5.97 Å². The van der Waals surface area contributed by atoms with Crippen molar-refractivity contribution in [1.82, 2.24) is 25.5 Å². The third-order valence-electron chi connectivity index (χ3n) is 3.44. The molecule has 140 valence electrons. The summed E-state index contributed by atoms with van der Waals surface area (Å²) in [6, 6.07) is 5.22. The van der Waals surface area contributed by atoms with Gasteiger partial charge >= 0.3 is 5.97 Å². The lowest BCUT2D eigenvalue weighted by molar-refractivity contribution is -0.118. The van der Waals surface area contributed by atoms with Crippen LogP contribution >= 0.6 is 22.7 Å². The summed E-state index contributed by atoms with van der Waals surface area (Å²) in [5.41, 5.74) is 0.499. The van der Waals surface area contributed by atoms with E-state index in [1.165, 1.54) is 40.6 Å². The normalized spacial score (nSPS) is 10.6. The quantitative estimate of drug-likeness (QED) is 0.446. The Balaban J connectivity index is 1.55. The zero-order valence-electron chi connectivity index (χ0n) is 14.2. The van der Waals surface area contributed by atoms with Gasteiger partial charge in [0, 0.05) is 18.3 Å². The van der Waals surface area contributed by atoms with Crippen molar-refractivity contribution in [2.24, 2.45) is 0 Å². The Kier molecular flexibility index (Phi) is 6.04. The van der Waals surface area contributed by atoms with E-state index >= 15 is 0 Å². The number of nitrogens with one attached hydrogen (secondary N) is 1. The molecule has 3 aromatic heterocycles. The van der Waals surface area contributed by atoms with Crippen molar-refractivity contribution >= 4 is 40.3 Å². The summed E-state index contributed by atoms with van der Waals surface area (Å²) in [5, 5.41) is 15.2. The largest absolute Gasteiger partial charge is 0.453 e. The summed E-state index contributed by atoms with van der Waals surface area (Å²) >= 11 is 2.51. The van der Waals surface area contributed by atoms with Crippen molar-refractivity contribution in [3.63, 3.8) is 0 Å². The van der Waals surface area contributed by atoms with Crippen molar-refractivity contribution in [3.8, 4) is 5.69 Å². The number of carbonyl (C=O) groups excluding carboxylic acids is 3. The van der Waals surface area contributed by atoms with Crippen LogP contribution in [0.1, 0.15) is 31.1 Å². The molecule has 0 fully saturated rings. The molecular weight excluding hydrogens is 390 g/mol. The molecule has 0 spiro atoms. The SMILES string of the molecule is CC(=O)NCCc1ccc(C(=O)COC(=O)c2sccc2-n2cnnn2)s1. The van der Waals surface area contributed by atoms with Gasteiger partial charge in [-0.25, -0.2) is 4.79 Å². The minimum absolute atomic E-state index is 0.0932. The van der Waals surface area contributed by atoms with Crippen LogP contribution in [-0.4, -0.2) is 51.0 Å². The van der Waals surface area contributed by atoms with Gasteiger partial charge in [-0.05, 0) is 40.4 Å². The maximum absolute atomic E-state index is 12.3. The second kappa shape index (κ2) is 8.64. The van der Waals surface area contributed by atoms with E-state index in [0.717, 1.165) is 4.88 Å². The van der Waals surface area contributed by atoms with Crippen LogP contribution in [-0.2, 0) is 16.0 Å². The van der Waals surface area contributed by atoms with Crippen molar-refractivity contribution in [2.45, 2.75) is 13.3 Å². The summed E-state index contributed by atoms with van der Waals surface area (Å²) < 4.78 is 6.51. The van der Waals surface area contributed by atoms with Gasteiger partial charge in [0.1, 0.15) is 11.2 Å². The number of amides is 1. The van der Waals surface area contributed by atoms with Crippen LogP contribution in [0.2, 0.25) is 0 Å². The molecule has 0 bridgehead atoms. The molecule has 0 saturated heterocycles. The lowest BCUT2D eigenvalue weighted by Crippen LogP contribution is -2.22. The molecule has 0 atom stereocenters. The topological polar surface area (TPSA) is 116 Å². The lowest BCUT2D eigenvalue weighted by Gasteiger charge is -2.04. The predicted molar refractivity (Wildman–Crippen MR) is 98.4 cm³/mol. The van der Waals surface area contributed by atoms with E-state index in [0.29, 0.717) is 28.4 Å². The van der Waals surface area contributed by atoms with Crippen molar-refractivity contribution in [3.05, 3.63) is 44.5 Å². The van der Waals surface area contributed by atoms with Gasteiger partial charge in [-0.1, -0.05) is 0 Å². The lowest BCUT2D eigenvalue weighted by atomic mass is 10.3. The van der Waals surface area contributed by atoms with Crippen LogP contribution in [0.3, 0.4) is 0 Å². The number of aromatic nitrogens is 4. The molecule has 0 aromatic carbocycles. The van der Waals surface area contributed by atoms with Gasteiger partial charge in [0.2, 0.25) is 11.7 Å². The highest BCUT2D eigenvalue weighted by atomic mass is 32.1. The van der Waals surface area contributed by atoms with Crippen LogP contribution in [0.25, 0.3) is 5.69 Å². The molecule has 0 aliphatic heterocycles. The van der Waals surface area contributed by atoms with Crippen molar-refractivity contribution in [1.29, 1.82) is 0 Å². The average Bonchev–Trinajstić information content (AvgIpc) is 3.39. The van der Waals surface area contributed by atoms with Crippen LogP contribution < -0.4 is 5.32 Å². The maximum atomic E-state index is 12.3. The molecule has 1 N–H and O–H groups in total. The molecule has 11 heteroatoms. The minimum atomic E-state index is -0.605. The van der Waals surface area contributed by atoms with Gasteiger partial charge in [0.25, 0.3) is 0 Å². The predicted octanol–water partition coefficient (Wildman–Crippen LogP) is 1.50. The number of Topliss-reactive ketones (excluding diaryl/α,β-unsaturated/α-hetero) is 1. The fraction of sp³-hybridized carbons (Fsp3) is 0.250. The maximum Gasteiger partial charge on any atom is 0.351 e. The van der Waals surface area contributed by atoms with Crippen LogP contribution in [0, 0.1) is 0 Å². The number of hydrogen-bond acceptors (Lipinski definition) is 9. The van der Waals surface area contributed by atoms with E-state index in [2.05, 4.69) is 20.8 Å². The Morgan fingerprint density at radius 1 is 1.26 bits per heavy atom. The van der Waals surface area contributed by atoms with Gasteiger partial charge in [0.15, 0.2) is 6.61 Å². The first-order valence-electron chi connectivity index (χ1n) is 7.89. The zero-order valence-corrected chi connectivity index (χ0v) is 15.9. The highest BCUT2D eigenvalue weighted by molar-refractivity contribution is 7.14. The van der Waals surface area contributed by atoms with Crippen molar-refractivity contribution in [2.75, 3.05) is 13.2 Å². The Hall–Kier alpha value is -2.92. The summed E-state index contributed by atoms with van der Waals surface area (Å²) in [6.45, 7) is 1.62. The van der Waals surface area contributed by atoms with Crippen LogP contribution in [0.15, 0.2) is 29.9 Å². The third-order valence-corrected chi connectivity index (χ3v) is 5.51. The van der Waals surface area contributed by atoms with Gasteiger partial charge in [-0.3, -0.25) is 9.59 Å². The smallest absolute Gasteiger partial charge is 0.351 e. The number of tetrazole rings is 1. The molecule has 27 heavy (non-hydrogen) atoms. The number of ketones is 1. The second-order valence-corrected chi connectivity index (χ2v) is 7.47. The summed E-state index contributed by atoms with van der Waals surface area (Å²) in [6.07, 6.45) is 2.01. The first-order chi connectivity index (χ1) is 13.0. The molecule has 3 rings (SSSR count). The first kappa shape index (κ1) is 18.9. The molecule has 0 aliphatic carbocycles. The van der Waals surface area contributed by atoms with Gasteiger partial charge in [-0.2, -0.15) is 4.68 Å². The summed E-state index contributed by atoms with van der Waals surface area (Å²) in [4.78, 5) is 37.2. The fourth-order valence-electron chi connectivity index (χ4n) is 2.20. The number of rotatable bonds is 8. The van der Waals surface area contributed by atoms with E-state index in [4.69, 9.17) is 4.74 Å². The second-order valence-electron chi connectivity index (χ2n) is 5.39. The van der Waals surface area contributed by atoms with Gasteiger partial charge in [-0.15, -0.1) is 27.8 Å². The standard InChI is InChI=1S/C16H15N5O4S2/c1-10(22)17-6-4-11-2-3-14(27-11)13(23)8-25-16(24)15-12(5-7-26-15)21-9-18-19-20-21/h2-3,5,7,9H,4,6,8H2,1H3,(H,17,22). The molecule has 3 aromatic rings. The average molecular weight is 405 g/mol. The molecule has 0 radical (unpaired) electrons. The van der Waals surface area contributed by atoms with Crippen LogP contribution in [0.5, 0.6) is 0 Å². The molecule has 0 unspecified atom stereocenters. The number of hydrogen-bond donors (Lipinski definition) is 1. The third kappa shape index (κ3) is 4.83. The molecule has 9 nitrogen and oxygen atoms in total. The molecule has 0 saturated carbocycles. The molecular formula is C16H15N5O4S2. The zero-order chi connectivity index (χ0) is 19.2. The monoisotopic (exact) mass is 405 g/mol. The number of nitrogens with zero attached hydrogens (tertiary/aromatic N) is 4. The number of esters is 1. The Morgan fingerprint density at radius 3 is 2.85 bits per heavy atom. The van der Waals surface area contributed by atoms with E-state index in [9.17, 15) is 14.4 Å². The first-order valence-corrected chi connectivity index (χ1v) is 9.58. The number of carbonyl (C=O) groups is 3. The van der Waals surface area contributed by atoms with Crippen LogP contribution in [0.4, 0.5) is 0 Å². The number of thiophene rings is 2. The van der Waals surface area contributed by atoms with E-state index in [1.54, 1.807) is 17.5 Å². The minimum Gasteiger partial charge on any atom is -0.453 e. The highest BCUT2D eigenvalue weighted by Crippen LogP contribution is 2.22. The Morgan fingerprint density at radius 2 is 2.11 bits per heavy atom. The fourth-order valence-corrected chi connectivity index (χ4v) is 3.90. The Bertz CT molecular complexity index is 948. The van der Waals surface area contributed by atoms with E-state index in [-0.39, 0.29) is 18.3 Å². The Labute approximate surface area is 162 Å². The van der Waals surface area contributed by atoms with Gasteiger partial charge < -0.3 is 10.1 Å². The molecule has 1 amide bonds. The highest BCUT2D eigenvalue weighted by Gasteiger charge is 2.19. The van der Waals surface area contributed by atoms with E-state index in [1.807, 2.05) is 6.07 Å². The molecule has 0 aliphatic rings. The number of ether oxygens (including phenoxy) is 1. The molecule has 3 heterocycles.